The Kier molecular flexibility index (Phi) is 7.02. The molecule has 1 aliphatic heterocycles. The lowest BCUT2D eigenvalue weighted by atomic mass is 10.1. The summed E-state index contributed by atoms with van der Waals surface area (Å²) in [5.74, 6) is -1.10. The summed E-state index contributed by atoms with van der Waals surface area (Å²) >= 11 is 6.47. The first kappa shape index (κ1) is 21.7. The van der Waals surface area contributed by atoms with E-state index in [1.807, 2.05) is 31.2 Å². The smallest absolute Gasteiger partial charge is 0.338 e. The third-order valence-electron chi connectivity index (χ3n) is 4.33. The fourth-order valence-electron chi connectivity index (χ4n) is 2.77. The molecule has 2 amide bonds. The topological polar surface area (TPSA) is 75.7 Å². The van der Waals surface area contributed by atoms with Gasteiger partial charge in [0.25, 0.3) is 5.91 Å². The monoisotopic (exact) mass is 440 g/mol. The fourth-order valence-corrected chi connectivity index (χ4v) is 4.02. The van der Waals surface area contributed by atoms with Crippen molar-refractivity contribution >= 4 is 57.8 Å². The first-order valence-electron chi connectivity index (χ1n) is 9.27. The Bertz CT molecular complexity index is 1030. The number of nitrogens with zero attached hydrogens (tertiary/aromatic N) is 1. The van der Waals surface area contributed by atoms with E-state index in [1.165, 1.54) is 16.7 Å². The second kappa shape index (κ2) is 9.69. The van der Waals surface area contributed by atoms with Crippen molar-refractivity contribution in [3.63, 3.8) is 0 Å². The minimum absolute atomic E-state index is 0.185. The van der Waals surface area contributed by atoms with Crippen molar-refractivity contribution < 1.29 is 19.1 Å². The number of hydrogen-bond acceptors (Lipinski definition) is 6. The van der Waals surface area contributed by atoms with Gasteiger partial charge in [0.05, 0.1) is 17.1 Å². The Morgan fingerprint density at radius 2 is 1.87 bits per heavy atom. The molecule has 0 spiro atoms. The van der Waals surface area contributed by atoms with Crippen LogP contribution in [0.1, 0.15) is 28.4 Å². The number of nitrogens with one attached hydrogen (secondary N) is 1. The van der Waals surface area contributed by atoms with Crippen LogP contribution >= 0.6 is 24.0 Å². The number of carbonyl (C=O) groups is 3. The quantitative estimate of drug-likeness (QED) is 0.416. The number of esters is 1. The number of amides is 2. The summed E-state index contributed by atoms with van der Waals surface area (Å²) in [4.78, 5) is 38.6. The van der Waals surface area contributed by atoms with Crippen LogP contribution in [0.4, 0.5) is 5.69 Å². The molecule has 0 aliphatic carbocycles. The van der Waals surface area contributed by atoms with Crippen molar-refractivity contribution in [1.29, 1.82) is 0 Å². The zero-order valence-corrected chi connectivity index (χ0v) is 18.1. The van der Waals surface area contributed by atoms with Gasteiger partial charge in [-0.05, 0) is 55.3 Å². The van der Waals surface area contributed by atoms with Crippen molar-refractivity contribution in [1.82, 2.24) is 4.90 Å². The van der Waals surface area contributed by atoms with Gasteiger partial charge < -0.3 is 10.1 Å². The summed E-state index contributed by atoms with van der Waals surface area (Å²) in [5, 5.41) is 2.71. The van der Waals surface area contributed by atoms with Crippen LogP contribution in [0.25, 0.3) is 6.08 Å². The number of rotatable bonds is 6. The third-order valence-corrected chi connectivity index (χ3v) is 5.71. The van der Waals surface area contributed by atoms with E-state index in [0.717, 1.165) is 11.1 Å². The van der Waals surface area contributed by atoms with Gasteiger partial charge in [-0.2, -0.15) is 0 Å². The van der Waals surface area contributed by atoms with E-state index in [9.17, 15) is 14.4 Å². The molecule has 0 saturated carbocycles. The summed E-state index contributed by atoms with van der Waals surface area (Å²) in [6.45, 7) is 3.80. The Morgan fingerprint density at radius 1 is 1.17 bits per heavy atom. The van der Waals surface area contributed by atoms with Crippen LogP contribution < -0.4 is 5.32 Å². The molecule has 2 aromatic carbocycles. The van der Waals surface area contributed by atoms with Crippen molar-refractivity contribution in [3.05, 3.63) is 70.1 Å². The highest BCUT2D eigenvalue weighted by molar-refractivity contribution is 8.26. The number of ether oxygens (including phenoxy) is 1. The minimum atomic E-state index is -0.423. The second-order valence-electron chi connectivity index (χ2n) is 6.47. The summed E-state index contributed by atoms with van der Waals surface area (Å²) < 4.78 is 5.27. The van der Waals surface area contributed by atoms with Gasteiger partial charge in [0.1, 0.15) is 10.9 Å². The number of hydrogen-bond donors (Lipinski definition) is 1. The molecule has 154 valence electrons. The number of anilines is 1. The van der Waals surface area contributed by atoms with Gasteiger partial charge >= 0.3 is 5.97 Å². The average molecular weight is 441 g/mol. The molecule has 0 bridgehead atoms. The molecule has 1 fully saturated rings. The summed E-state index contributed by atoms with van der Waals surface area (Å²) in [6, 6.07) is 14.1. The largest absolute Gasteiger partial charge is 0.462 e. The van der Waals surface area contributed by atoms with Crippen LogP contribution in [0.2, 0.25) is 0 Å². The van der Waals surface area contributed by atoms with E-state index in [4.69, 9.17) is 17.0 Å². The minimum Gasteiger partial charge on any atom is -0.462 e. The third kappa shape index (κ3) is 5.14. The van der Waals surface area contributed by atoms with Crippen LogP contribution in [0.15, 0.2) is 53.4 Å². The lowest BCUT2D eigenvalue weighted by Gasteiger charge is -2.14. The molecule has 0 unspecified atom stereocenters. The van der Waals surface area contributed by atoms with Gasteiger partial charge in [-0.15, -0.1) is 0 Å². The number of benzene rings is 2. The first-order valence-corrected chi connectivity index (χ1v) is 10.5. The molecule has 0 radical (unpaired) electrons. The van der Waals surface area contributed by atoms with Gasteiger partial charge in [0, 0.05) is 5.69 Å². The van der Waals surface area contributed by atoms with Crippen LogP contribution in [0.3, 0.4) is 0 Å². The second-order valence-corrected chi connectivity index (χ2v) is 8.15. The maximum Gasteiger partial charge on any atom is 0.338 e. The van der Waals surface area contributed by atoms with Crippen molar-refractivity contribution in [2.45, 2.75) is 13.8 Å². The summed E-state index contributed by atoms with van der Waals surface area (Å²) in [5.41, 5.74) is 2.89. The zero-order chi connectivity index (χ0) is 21.7. The predicted octanol–water partition coefficient (Wildman–Crippen LogP) is 4.01. The molecule has 30 heavy (non-hydrogen) atoms. The number of thioether (sulfide) groups is 1. The molecule has 1 aliphatic rings. The lowest BCUT2D eigenvalue weighted by Crippen LogP contribution is -2.36. The van der Waals surface area contributed by atoms with Crippen LogP contribution in [0, 0.1) is 6.92 Å². The molecule has 6 nitrogen and oxygen atoms in total. The first-order chi connectivity index (χ1) is 14.4. The van der Waals surface area contributed by atoms with Crippen LogP contribution in [-0.4, -0.2) is 40.2 Å². The highest BCUT2D eigenvalue weighted by Crippen LogP contribution is 2.32. The lowest BCUT2D eigenvalue weighted by molar-refractivity contribution is -0.126. The highest BCUT2D eigenvalue weighted by Gasteiger charge is 2.33. The molecule has 1 heterocycles. The Hall–Kier alpha value is -2.97. The van der Waals surface area contributed by atoms with E-state index in [0.29, 0.717) is 27.1 Å². The van der Waals surface area contributed by atoms with Gasteiger partial charge in [-0.3, -0.25) is 14.5 Å². The van der Waals surface area contributed by atoms with Gasteiger partial charge in [-0.25, -0.2) is 4.79 Å². The van der Waals surface area contributed by atoms with Crippen LogP contribution in [0.5, 0.6) is 0 Å². The number of thiocarbonyl (C=S) groups is 1. The van der Waals surface area contributed by atoms with E-state index in [-0.39, 0.29) is 18.4 Å². The molecule has 8 heteroatoms. The Balaban J connectivity index is 1.64. The molecule has 0 atom stereocenters. The maximum atomic E-state index is 12.7. The summed E-state index contributed by atoms with van der Waals surface area (Å²) in [6.07, 6.45) is 1.79. The van der Waals surface area contributed by atoms with Gasteiger partial charge in [0.15, 0.2) is 0 Å². The van der Waals surface area contributed by atoms with Crippen molar-refractivity contribution in [2.75, 3.05) is 18.5 Å². The Labute approximate surface area is 184 Å². The SMILES string of the molecule is CCOC(=O)c1ccc(NC(=O)CN2C(=O)/C(=C/c3ccccc3C)SC2=S)cc1. The van der Waals surface area contributed by atoms with E-state index in [1.54, 1.807) is 37.3 Å². The zero-order valence-electron chi connectivity index (χ0n) is 16.5. The Morgan fingerprint density at radius 3 is 2.53 bits per heavy atom. The van der Waals surface area contributed by atoms with Gasteiger partial charge in [-0.1, -0.05) is 48.2 Å². The van der Waals surface area contributed by atoms with E-state index < -0.39 is 5.97 Å². The normalized spacial score (nSPS) is 14.9. The predicted molar refractivity (Wildman–Crippen MR) is 122 cm³/mol. The van der Waals surface area contributed by atoms with E-state index in [2.05, 4.69) is 5.32 Å². The van der Waals surface area contributed by atoms with Gasteiger partial charge in [0.2, 0.25) is 5.91 Å². The number of aryl methyl sites for hydroxylation is 1. The average Bonchev–Trinajstić information content (AvgIpc) is 2.98. The molecule has 0 aromatic heterocycles. The molecule has 1 saturated heterocycles. The number of carbonyl (C=O) groups excluding carboxylic acids is 3. The molecule has 3 rings (SSSR count). The van der Waals surface area contributed by atoms with Crippen molar-refractivity contribution in [2.24, 2.45) is 0 Å². The van der Waals surface area contributed by atoms with Crippen molar-refractivity contribution in [3.8, 4) is 0 Å². The molecular weight excluding hydrogens is 420 g/mol. The fraction of sp³-hybridized carbons (Fsp3) is 0.182. The highest BCUT2D eigenvalue weighted by atomic mass is 32.2. The standard InChI is InChI=1S/C22H20N2O4S2/c1-3-28-21(27)15-8-10-17(11-9-15)23-19(25)13-24-20(26)18(30-22(24)29)12-16-7-5-4-6-14(16)2/h4-12H,3,13H2,1-2H3,(H,23,25)/b18-12-. The summed E-state index contributed by atoms with van der Waals surface area (Å²) in [7, 11) is 0. The van der Waals surface area contributed by atoms with E-state index >= 15 is 0 Å². The molecule has 1 N–H and O–H groups in total. The molecule has 2 aromatic rings. The molecular formula is C22H20N2O4S2. The van der Waals surface area contributed by atoms with Crippen LogP contribution in [-0.2, 0) is 14.3 Å². The maximum absolute atomic E-state index is 12.7.